The van der Waals surface area contributed by atoms with E-state index in [9.17, 15) is 4.79 Å². The topological polar surface area (TPSA) is 67.2 Å². The molecule has 0 unspecified atom stereocenters. The summed E-state index contributed by atoms with van der Waals surface area (Å²) in [5.41, 5.74) is 6.55. The molecule has 2 heterocycles. The molecule has 23 heavy (non-hydrogen) atoms. The van der Waals surface area contributed by atoms with Gasteiger partial charge in [-0.25, -0.2) is 5.43 Å². The van der Waals surface area contributed by atoms with E-state index in [0.717, 1.165) is 22.0 Å². The molecule has 3 aromatic rings. The van der Waals surface area contributed by atoms with Crippen LogP contribution in [0.1, 0.15) is 27.2 Å². The van der Waals surface area contributed by atoms with Crippen molar-refractivity contribution >= 4 is 23.0 Å². The molecule has 0 aliphatic rings. The molecule has 0 atom stereocenters. The smallest absolute Gasteiger partial charge is 0.267 e. The van der Waals surface area contributed by atoms with E-state index in [1.165, 1.54) is 0 Å². The van der Waals surface area contributed by atoms with Gasteiger partial charge in [0.15, 0.2) is 0 Å². The van der Waals surface area contributed by atoms with Crippen LogP contribution >= 0.6 is 0 Å². The van der Waals surface area contributed by atoms with E-state index in [2.05, 4.69) is 20.5 Å². The highest BCUT2D eigenvalue weighted by atomic mass is 16.2. The summed E-state index contributed by atoms with van der Waals surface area (Å²) >= 11 is 0. The SMILES string of the molecule is Cc1ccc2nc(C)c(C(=O)N/N=C/c3cccnc3)cc2c1. The van der Waals surface area contributed by atoms with Crippen molar-refractivity contribution < 1.29 is 4.79 Å². The van der Waals surface area contributed by atoms with Crippen molar-refractivity contribution in [3.63, 3.8) is 0 Å². The van der Waals surface area contributed by atoms with Crippen molar-refractivity contribution in [2.75, 3.05) is 0 Å². The molecule has 5 nitrogen and oxygen atoms in total. The van der Waals surface area contributed by atoms with Crippen LogP contribution in [-0.4, -0.2) is 22.1 Å². The number of aromatic nitrogens is 2. The lowest BCUT2D eigenvalue weighted by molar-refractivity contribution is 0.0954. The number of rotatable bonds is 3. The highest BCUT2D eigenvalue weighted by Crippen LogP contribution is 2.18. The van der Waals surface area contributed by atoms with Gasteiger partial charge >= 0.3 is 0 Å². The molecule has 0 aliphatic carbocycles. The summed E-state index contributed by atoms with van der Waals surface area (Å²) in [7, 11) is 0. The van der Waals surface area contributed by atoms with Crippen molar-refractivity contribution in [2.45, 2.75) is 13.8 Å². The maximum absolute atomic E-state index is 12.3. The van der Waals surface area contributed by atoms with Crippen LogP contribution in [-0.2, 0) is 0 Å². The molecule has 5 heteroatoms. The van der Waals surface area contributed by atoms with E-state index in [1.54, 1.807) is 18.6 Å². The summed E-state index contributed by atoms with van der Waals surface area (Å²) in [5.74, 6) is -0.279. The Labute approximate surface area is 134 Å². The number of nitrogens with one attached hydrogen (secondary N) is 1. The fourth-order valence-corrected chi connectivity index (χ4v) is 2.30. The monoisotopic (exact) mass is 304 g/mol. The first kappa shape index (κ1) is 14.8. The van der Waals surface area contributed by atoms with Crippen molar-refractivity contribution in [1.82, 2.24) is 15.4 Å². The van der Waals surface area contributed by atoms with Crippen molar-refractivity contribution in [3.8, 4) is 0 Å². The minimum atomic E-state index is -0.279. The van der Waals surface area contributed by atoms with E-state index in [1.807, 2.05) is 50.2 Å². The van der Waals surface area contributed by atoms with Gasteiger partial charge in [0.25, 0.3) is 5.91 Å². The first-order chi connectivity index (χ1) is 11.1. The Balaban J connectivity index is 1.83. The Morgan fingerprint density at radius 2 is 2.09 bits per heavy atom. The number of pyridine rings is 2. The number of carbonyl (C=O) groups is 1. The maximum Gasteiger partial charge on any atom is 0.273 e. The Morgan fingerprint density at radius 3 is 2.87 bits per heavy atom. The van der Waals surface area contributed by atoms with Crippen LogP contribution in [0.4, 0.5) is 0 Å². The van der Waals surface area contributed by atoms with E-state index < -0.39 is 0 Å². The molecule has 1 N–H and O–H groups in total. The number of carbonyl (C=O) groups excluding carboxylic acids is 1. The van der Waals surface area contributed by atoms with E-state index in [-0.39, 0.29) is 5.91 Å². The van der Waals surface area contributed by atoms with Gasteiger partial charge in [0, 0.05) is 23.3 Å². The second-order valence-electron chi connectivity index (χ2n) is 5.30. The van der Waals surface area contributed by atoms with Gasteiger partial charge in [0.2, 0.25) is 0 Å². The van der Waals surface area contributed by atoms with Gasteiger partial charge in [-0.05, 0) is 38.1 Å². The second-order valence-corrected chi connectivity index (χ2v) is 5.30. The quantitative estimate of drug-likeness (QED) is 0.597. The van der Waals surface area contributed by atoms with Crippen LogP contribution < -0.4 is 5.43 Å². The number of amides is 1. The number of hydrogen-bond acceptors (Lipinski definition) is 4. The lowest BCUT2D eigenvalue weighted by Crippen LogP contribution is -2.19. The molecule has 0 saturated heterocycles. The molecule has 114 valence electrons. The minimum absolute atomic E-state index is 0.279. The predicted octanol–water partition coefficient (Wildman–Crippen LogP) is 3.01. The first-order valence-corrected chi connectivity index (χ1v) is 7.25. The zero-order valence-electron chi connectivity index (χ0n) is 12.9. The predicted molar refractivity (Wildman–Crippen MR) is 90.5 cm³/mol. The third kappa shape index (κ3) is 3.40. The van der Waals surface area contributed by atoms with Gasteiger partial charge in [0.1, 0.15) is 0 Å². The summed E-state index contributed by atoms with van der Waals surface area (Å²) < 4.78 is 0. The van der Waals surface area contributed by atoms with Crippen LogP contribution in [0.15, 0.2) is 53.9 Å². The van der Waals surface area contributed by atoms with Crippen molar-refractivity contribution in [3.05, 3.63) is 71.2 Å². The lowest BCUT2D eigenvalue weighted by Gasteiger charge is -2.06. The normalized spacial score (nSPS) is 11.0. The fourth-order valence-electron chi connectivity index (χ4n) is 2.30. The number of aryl methyl sites for hydroxylation is 2. The van der Waals surface area contributed by atoms with Crippen LogP contribution in [0.5, 0.6) is 0 Å². The Morgan fingerprint density at radius 1 is 1.22 bits per heavy atom. The molecule has 2 aromatic heterocycles. The highest BCUT2D eigenvalue weighted by molar-refractivity contribution is 5.99. The average molecular weight is 304 g/mol. The lowest BCUT2D eigenvalue weighted by atomic mass is 10.1. The number of hydrogen-bond donors (Lipinski definition) is 1. The molecule has 0 fully saturated rings. The zero-order chi connectivity index (χ0) is 16.2. The first-order valence-electron chi connectivity index (χ1n) is 7.25. The van der Waals surface area contributed by atoms with Crippen LogP contribution in [0.2, 0.25) is 0 Å². The van der Waals surface area contributed by atoms with E-state index in [0.29, 0.717) is 11.3 Å². The Hall–Kier alpha value is -3.08. The van der Waals surface area contributed by atoms with Crippen LogP contribution in [0.3, 0.4) is 0 Å². The van der Waals surface area contributed by atoms with Gasteiger partial charge in [0.05, 0.1) is 23.0 Å². The van der Waals surface area contributed by atoms with Crippen molar-refractivity contribution in [1.29, 1.82) is 0 Å². The van der Waals surface area contributed by atoms with Gasteiger partial charge in [-0.3, -0.25) is 14.8 Å². The van der Waals surface area contributed by atoms with Gasteiger partial charge in [-0.15, -0.1) is 0 Å². The standard InChI is InChI=1S/C18H16N4O/c1-12-5-6-17-15(8-12)9-16(13(2)21-17)18(23)22-20-11-14-4-3-7-19-10-14/h3-11H,1-2H3,(H,22,23)/b20-11+. The molecular weight excluding hydrogens is 288 g/mol. The number of hydrazone groups is 1. The molecular formula is C18H16N4O. The summed E-state index contributed by atoms with van der Waals surface area (Å²) in [6.07, 6.45) is 4.90. The van der Waals surface area contributed by atoms with Gasteiger partial charge < -0.3 is 0 Å². The number of fused-ring (bicyclic) bond motifs is 1. The molecule has 1 amide bonds. The molecule has 1 aromatic carbocycles. The summed E-state index contributed by atoms with van der Waals surface area (Å²) in [5, 5.41) is 4.91. The van der Waals surface area contributed by atoms with Crippen LogP contribution in [0, 0.1) is 13.8 Å². The van der Waals surface area contributed by atoms with Gasteiger partial charge in [-0.1, -0.05) is 17.7 Å². The Bertz CT molecular complexity index is 888. The maximum atomic E-state index is 12.3. The zero-order valence-corrected chi connectivity index (χ0v) is 12.9. The summed E-state index contributed by atoms with van der Waals surface area (Å²) in [4.78, 5) is 20.8. The molecule has 0 radical (unpaired) electrons. The third-order valence-corrected chi connectivity index (χ3v) is 3.47. The number of benzene rings is 1. The fraction of sp³-hybridized carbons (Fsp3) is 0.111. The molecule has 0 aliphatic heterocycles. The van der Waals surface area contributed by atoms with Gasteiger partial charge in [-0.2, -0.15) is 5.10 Å². The molecule has 0 saturated carbocycles. The largest absolute Gasteiger partial charge is 0.273 e. The third-order valence-electron chi connectivity index (χ3n) is 3.47. The molecule has 0 spiro atoms. The number of nitrogens with zero attached hydrogens (tertiary/aromatic N) is 3. The Kier molecular flexibility index (Phi) is 4.10. The van der Waals surface area contributed by atoms with Crippen LogP contribution in [0.25, 0.3) is 10.9 Å². The van der Waals surface area contributed by atoms with E-state index in [4.69, 9.17) is 0 Å². The molecule has 3 rings (SSSR count). The summed E-state index contributed by atoms with van der Waals surface area (Å²) in [6.45, 7) is 3.83. The minimum Gasteiger partial charge on any atom is -0.267 e. The second kappa shape index (κ2) is 6.36. The molecule has 0 bridgehead atoms. The van der Waals surface area contributed by atoms with E-state index >= 15 is 0 Å². The summed E-state index contributed by atoms with van der Waals surface area (Å²) in [6, 6.07) is 11.5. The van der Waals surface area contributed by atoms with Crippen molar-refractivity contribution in [2.24, 2.45) is 5.10 Å². The average Bonchev–Trinajstić information content (AvgIpc) is 2.55. The highest BCUT2D eigenvalue weighted by Gasteiger charge is 2.11.